The molecular formula is C17H13BrN4O3. The van der Waals surface area contributed by atoms with E-state index in [1.54, 1.807) is 23.0 Å². The Bertz CT molecular complexity index is 922. The monoisotopic (exact) mass is 400 g/mol. The summed E-state index contributed by atoms with van der Waals surface area (Å²) in [5, 5.41) is 17.9. The molecule has 0 radical (unpaired) electrons. The highest BCUT2D eigenvalue weighted by molar-refractivity contribution is 9.10. The zero-order chi connectivity index (χ0) is 17.8. The number of rotatable bonds is 5. The van der Waals surface area contributed by atoms with Gasteiger partial charge in [-0.3, -0.25) is 14.9 Å². The van der Waals surface area contributed by atoms with Crippen LogP contribution in [0.2, 0.25) is 0 Å². The van der Waals surface area contributed by atoms with Gasteiger partial charge in [-0.2, -0.15) is 5.10 Å². The lowest BCUT2D eigenvalue weighted by molar-refractivity contribution is -0.385. The molecule has 0 aliphatic rings. The molecule has 8 heteroatoms. The molecule has 0 spiro atoms. The number of nitro benzene ring substituents is 1. The van der Waals surface area contributed by atoms with Gasteiger partial charge in [-0.25, -0.2) is 4.68 Å². The van der Waals surface area contributed by atoms with Crippen molar-refractivity contribution in [3.63, 3.8) is 0 Å². The van der Waals surface area contributed by atoms with Crippen LogP contribution in [0.5, 0.6) is 0 Å². The van der Waals surface area contributed by atoms with Crippen LogP contribution in [0.4, 0.5) is 11.5 Å². The molecule has 0 aliphatic carbocycles. The van der Waals surface area contributed by atoms with E-state index in [9.17, 15) is 14.9 Å². The predicted octanol–water partition coefficient (Wildman–Crippen LogP) is 3.85. The maximum Gasteiger partial charge on any atom is 0.282 e. The average molecular weight is 401 g/mol. The van der Waals surface area contributed by atoms with E-state index in [1.807, 2.05) is 24.3 Å². The van der Waals surface area contributed by atoms with E-state index in [-0.39, 0.29) is 11.3 Å². The van der Waals surface area contributed by atoms with Crippen LogP contribution >= 0.6 is 15.9 Å². The summed E-state index contributed by atoms with van der Waals surface area (Å²) in [6.07, 6.45) is 1.56. The fourth-order valence-electron chi connectivity index (χ4n) is 2.34. The Hall–Kier alpha value is -3.00. The summed E-state index contributed by atoms with van der Waals surface area (Å²) < 4.78 is 2.59. The number of hydrogen-bond acceptors (Lipinski definition) is 4. The number of aromatic nitrogens is 2. The summed E-state index contributed by atoms with van der Waals surface area (Å²) in [4.78, 5) is 22.9. The first kappa shape index (κ1) is 16.8. The van der Waals surface area contributed by atoms with E-state index in [2.05, 4.69) is 26.3 Å². The standard InChI is InChI=1S/C17H13BrN4O3/c18-13-7-5-12(6-8-13)11-21-16(9-10-19-21)20-17(23)14-3-1-2-4-15(14)22(24)25/h1-10H,11H2,(H,20,23). The molecule has 0 fully saturated rings. The highest BCUT2D eigenvalue weighted by atomic mass is 79.9. The van der Waals surface area contributed by atoms with Crippen molar-refractivity contribution in [2.45, 2.75) is 6.54 Å². The topological polar surface area (TPSA) is 90.1 Å². The highest BCUT2D eigenvalue weighted by Gasteiger charge is 2.20. The number of benzene rings is 2. The number of halogens is 1. The average Bonchev–Trinajstić information content (AvgIpc) is 3.03. The molecule has 0 saturated carbocycles. The summed E-state index contributed by atoms with van der Waals surface area (Å²) in [6.45, 7) is 0.465. The molecular weight excluding hydrogens is 388 g/mol. The second-order valence-electron chi connectivity index (χ2n) is 5.23. The summed E-state index contributed by atoms with van der Waals surface area (Å²) >= 11 is 3.38. The lowest BCUT2D eigenvalue weighted by Gasteiger charge is -2.09. The second kappa shape index (κ2) is 7.27. The van der Waals surface area contributed by atoms with Crippen LogP contribution in [0.1, 0.15) is 15.9 Å². The fraction of sp³-hybridized carbons (Fsp3) is 0.0588. The molecule has 0 bridgehead atoms. The lowest BCUT2D eigenvalue weighted by atomic mass is 10.1. The molecule has 0 saturated heterocycles. The number of anilines is 1. The SMILES string of the molecule is O=C(Nc1ccnn1Cc1ccc(Br)cc1)c1ccccc1[N+](=O)[O-]. The number of nitro groups is 1. The Labute approximate surface area is 151 Å². The van der Waals surface area contributed by atoms with Crippen molar-refractivity contribution in [2.24, 2.45) is 0 Å². The number of para-hydroxylation sites is 1. The minimum absolute atomic E-state index is 0.00360. The number of carbonyl (C=O) groups excluding carboxylic acids is 1. The maximum absolute atomic E-state index is 12.4. The van der Waals surface area contributed by atoms with Crippen LogP contribution in [0.25, 0.3) is 0 Å². The van der Waals surface area contributed by atoms with Crippen molar-refractivity contribution in [1.29, 1.82) is 0 Å². The molecule has 2 aromatic carbocycles. The van der Waals surface area contributed by atoms with Crippen LogP contribution in [-0.4, -0.2) is 20.6 Å². The second-order valence-corrected chi connectivity index (χ2v) is 6.14. The molecule has 3 aromatic rings. The van der Waals surface area contributed by atoms with E-state index in [4.69, 9.17) is 0 Å². The van der Waals surface area contributed by atoms with Gasteiger partial charge in [0.25, 0.3) is 11.6 Å². The lowest BCUT2D eigenvalue weighted by Crippen LogP contribution is -2.17. The van der Waals surface area contributed by atoms with Crippen molar-refractivity contribution < 1.29 is 9.72 Å². The molecule has 1 heterocycles. The van der Waals surface area contributed by atoms with Gasteiger partial charge in [0.05, 0.1) is 17.7 Å². The van der Waals surface area contributed by atoms with Gasteiger partial charge in [0.15, 0.2) is 0 Å². The number of amides is 1. The smallest absolute Gasteiger partial charge is 0.282 e. The van der Waals surface area contributed by atoms with E-state index in [0.29, 0.717) is 12.4 Å². The minimum Gasteiger partial charge on any atom is -0.307 e. The zero-order valence-electron chi connectivity index (χ0n) is 12.9. The van der Waals surface area contributed by atoms with Crippen molar-refractivity contribution in [1.82, 2.24) is 9.78 Å². The minimum atomic E-state index is -0.575. The van der Waals surface area contributed by atoms with Crippen molar-refractivity contribution in [3.05, 3.63) is 86.5 Å². The summed E-state index contributed by atoms with van der Waals surface area (Å²) in [6, 6.07) is 15.2. The molecule has 3 rings (SSSR count). The Balaban J connectivity index is 1.80. The third kappa shape index (κ3) is 3.92. The largest absolute Gasteiger partial charge is 0.307 e. The van der Waals surface area contributed by atoms with E-state index in [1.165, 1.54) is 18.2 Å². The Morgan fingerprint density at radius 2 is 1.88 bits per heavy atom. The summed E-state index contributed by atoms with van der Waals surface area (Å²) in [7, 11) is 0. The maximum atomic E-state index is 12.4. The van der Waals surface area contributed by atoms with Crippen LogP contribution in [0, 0.1) is 10.1 Å². The van der Waals surface area contributed by atoms with Crippen LogP contribution < -0.4 is 5.32 Å². The summed E-state index contributed by atoms with van der Waals surface area (Å²) in [5.41, 5.74) is 0.774. The molecule has 7 nitrogen and oxygen atoms in total. The van der Waals surface area contributed by atoms with E-state index in [0.717, 1.165) is 10.0 Å². The van der Waals surface area contributed by atoms with Gasteiger partial charge in [-0.1, -0.05) is 40.2 Å². The third-order valence-electron chi connectivity index (χ3n) is 3.55. The molecule has 0 aliphatic heterocycles. The Kier molecular flexibility index (Phi) is 4.90. The van der Waals surface area contributed by atoms with E-state index >= 15 is 0 Å². The molecule has 0 atom stereocenters. The molecule has 1 N–H and O–H groups in total. The van der Waals surface area contributed by atoms with Gasteiger partial charge in [-0.05, 0) is 23.8 Å². The number of hydrogen-bond donors (Lipinski definition) is 1. The van der Waals surface area contributed by atoms with Crippen LogP contribution in [-0.2, 0) is 6.54 Å². The molecule has 1 aromatic heterocycles. The quantitative estimate of drug-likeness (QED) is 0.519. The fourth-order valence-corrected chi connectivity index (χ4v) is 2.60. The Morgan fingerprint density at radius 1 is 1.16 bits per heavy atom. The van der Waals surface area contributed by atoms with Crippen molar-refractivity contribution >= 4 is 33.3 Å². The van der Waals surface area contributed by atoms with Gasteiger partial charge < -0.3 is 5.32 Å². The van der Waals surface area contributed by atoms with Gasteiger partial charge in [0.1, 0.15) is 11.4 Å². The van der Waals surface area contributed by atoms with Gasteiger partial charge in [-0.15, -0.1) is 0 Å². The first-order valence-corrected chi connectivity index (χ1v) is 8.15. The first-order chi connectivity index (χ1) is 12.0. The van der Waals surface area contributed by atoms with Gasteiger partial charge >= 0.3 is 0 Å². The highest BCUT2D eigenvalue weighted by Crippen LogP contribution is 2.20. The molecule has 0 unspecified atom stereocenters. The van der Waals surface area contributed by atoms with E-state index < -0.39 is 10.8 Å². The third-order valence-corrected chi connectivity index (χ3v) is 4.08. The number of nitrogens with zero attached hydrogens (tertiary/aromatic N) is 3. The predicted molar refractivity (Wildman–Crippen MR) is 96.5 cm³/mol. The number of nitrogens with one attached hydrogen (secondary N) is 1. The van der Waals surface area contributed by atoms with Gasteiger partial charge in [0.2, 0.25) is 0 Å². The van der Waals surface area contributed by atoms with Crippen molar-refractivity contribution in [2.75, 3.05) is 5.32 Å². The molecule has 126 valence electrons. The zero-order valence-corrected chi connectivity index (χ0v) is 14.5. The summed E-state index contributed by atoms with van der Waals surface area (Å²) in [5.74, 6) is -0.0871. The van der Waals surface area contributed by atoms with Crippen LogP contribution in [0.3, 0.4) is 0 Å². The number of carbonyl (C=O) groups is 1. The van der Waals surface area contributed by atoms with Crippen molar-refractivity contribution in [3.8, 4) is 0 Å². The molecule has 25 heavy (non-hydrogen) atoms. The van der Waals surface area contributed by atoms with Crippen LogP contribution in [0.15, 0.2) is 65.3 Å². The molecule has 1 amide bonds. The first-order valence-electron chi connectivity index (χ1n) is 7.35. The Morgan fingerprint density at radius 3 is 2.60 bits per heavy atom. The normalized spacial score (nSPS) is 10.4. The van der Waals surface area contributed by atoms with Gasteiger partial charge in [0, 0.05) is 16.6 Å².